The number of halogens is 4. The maximum Gasteiger partial charge on any atom is 0.417 e. The standard InChI is InChI=1S/C21H18F4N6O2/c1-11-2-3-15(31-27-4-5-28-31)18(29-11)20(32)30-10-12-6-16(30)17(7-12)33-19-14(22)8-13(9-26-19)21(23,24)25/h2-5,8-9,12,16-17H,6-7,10H2,1H3/t12?,16?,17-/m0/s1. The van der Waals surface area contributed by atoms with Crippen LogP contribution in [0.1, 0.15) is 34.6 Å². The maximum absolute atomic E-state index is 14.3. The van der Waals surface area contributed by atoms with Gasteiger partial charge in [0.15, 0.2) is 11.5 Å². The van der Waals surface area contributed by atoms with Crippen molar-refractivity contribution in [2.75, 3.05) is 6.54 Å². The van der Waals surface area contributed by atoms with Crippen LogP contribution in [0.15, 0.2) is 36.8 Å². The van der Waals surface area contributed by atoms with Crippen LogP contribution in [0.2, 0.25) is 0 Å². The Morgan fingerprint density at radius 2 is 1.94 bits per heavy atom. The van der Waals surface area contributed by atoms with E-state index in [1.54, 1.807) is 24.0 Å². The van der Waals surface area contributed by atoms with Gasteiger partial charge in [-0.25, -0.2) is 14.4 Å². The number of aromatic nitrogens is 5. The molecule has 0 aromatic carbocycles. The van der Waals surface area contributed by atoms with Gasteiger partial charge in [0.25, 0.3) is 11.8 Å². The van der Waals surface area contributed by atoms with E-state index >= 15 is 0 Å². The summed E-state index contributed by atoms with van der Waals surface area (Å²) in [4.78, 5) is 24.3. The SMILES string of the molecule is Cc1ccc(-n2nccn2)c(C(=O)N2CC3CC2[C@@H](Oc2ncc(C(F)(F)F)cc2F)C3)n1. The Bertz CT molecular complexity index is 1200. The molecule has 0 N–H and O–H groups in total. The van der Waals surface area contributed by atoms with Gasteiger partial charge in [-0.05, 0) is 43.9 Å². The van der Waals surface area contributed by atoms with Crippen molar-refractivity contribution in [3.63, 3.8) is 0 Å². The van der Waals surface area contributed by atoms with Crippen molar-refractivity contribution < 1.29 is 27.1 Å². The molecule has 0 spiro atoms. The Labute approximate surface area is 185 Å². The summed E-state index contributed by atoms with van der Waals surface area (Å²) in [6, 6.07) is 3.43. The fourth-order valence-electron chi connectivity index (χ4n) is 4.48. The summed E-state index contributed by atoms with van der Waals surface area (Å²) in [6.07, 6.45) is -0.602. The molecule has 1 saturated carbocycles. The molecule has 4 heterocycles. The molecule has 33 heavy (non-hydrogen) atoms. The minimum absolute atomic E-state index is 0.123. The second-order valence-corrected chi connectivity index (χ2v) is 8.17. The van der Waals surface area contributed by atoms with Gasteiger partial charge in [-0.15, -0.1) is 4.80 Å². The number of alkyl halides is 3. The van der Waals surface area contributed by atoms with E-state index in [0.29, 0.717) is 43.0 Å². The Morgan fingerprint density at radius 3 is 2.61 bits per heavy atom. The summed E-state index contributed by atoms with van der Waals surface area (Å²) in [7, 11) is 0. The molecule has 1 amide bonds. The predicted molar refractivity (Wildman–Crippen MR) is 105 cm³/mol. The van der Waals surface area contributed by atoms with Gasteiger partial charge in [-0.2, -0.15) is 23.4 Å². The molecule has 3 atom stereocenters. The molecule has 12 heteroatoms. The zero-order valence-corrected chi connectivity index (χ0v) is 17.3. The Morgan fingerprint density at radius 1 is 1.18 bits per heavy atom. The van der Waals surface area contributed by atoms with E-state index in [2.05, 4.69) is 20.2 Å². The quantitative estimate of drug-likeness (QED) is 0.554. The minimum atomic E-state index is -4.70. The first-order valence-corrected chi connectivity index (χ1v) is 10.3. The van der Waals surface area contributed by atoms with E-state index in [-0.39, 0.29) is 23.6 Å². The smallest absolute Gasteiger partial charge is 0.417 e. The number of likely N-dealkylation sites (tertiary alicyclic amines) is 1. The highest BCUT2D eigenvalue weighted by Gasteiger charge is 2.49. The second-order valence-electron chi connectivity index (χ2n) is 8.17. The lowest BCUT2D eigenvalue weighted by Crippen LogP contribution is -2.47. The predicted octanol–water partition coefficient (Wildman–Crippen LogP) is 3.21. The third kappa shape index (κ3) is 3.89. The van der Waals surface area contributed by atoms with Gasteiger partial charge >= 0.3 is 6.18 Å². The lowest BCUT2D eigenvalue weighted by molar-refractivity contribution is -0.138. The average Bonchev–Trinajstić information content (AvgIpc) is 3.51. The Balaban J connectivity index is 1.39. The molecule has 2 aliphatic rings. The van der Waals surface area contributed by atoms with Gasteiger partial charge in [0, 0.05) is 18.4 Å². The van der Waals surface area contributed by atoms with Crippen LogP contribution < -0.4 is 4.74 Å². The number of fused-ring (bicyclic) bond motifs is 2. The molecule has 5 rings (SSSR count). The van der Waals surface area contributed by atoms with Crippen molar-refractivity contribution in [1.29, 1.82) is 0 Å². The summed E-state index contributed by atoms with van der Waals surface area (Å²) in [5, 5.41) is 8.16. The van der Waals surface area contributed by atoms with Crippen LogP contribution in [-0.2, 0) is 6.18 Å². The van der Waals surface area contributed by atoms with E-state index < -0.39 is 29.5 Å². The number of rotatable bonds is 4. The van der Waals surface area contributed by atoms with Crippen molar-refractivity contribution in [1.82, 2.24) is 29.9 Å². The zero-order chi connectivity index (χ0) is 23.3. The van der Waals surface area contributed by atoms with Crippen LogP contribution >= 0.6 is 0 Å². The zero-order valence-electron chi connectivity index (χ0n) is 17.3. The van der Waals surface area contributed by atoms with Crippen molar-refractivity contribution in [2.24, 2.45) is 5.92 Å². The normalized spacial score (nSPS) is 22.1. The fraction of sp³-hybridized carbons (Fsp3) is 0.381. The number of nitrogens with zero attached hydrogens (tertiary/aromatic N) is 6. The van der Waals surface area contributed by atoms with Crippen LogP contribution in [0.4, 0.5) is 17.6 Å². The molecule has 3 aromatic heterocycles. The van der Waals surface area contributed by atoms with Crippen molar-refractivity contribution in [2.45, 2.75) is 38.1 Å². The number of hydrogen-bond acceptors (Lipinski definition) is 6. The van der Waals surface area contributed by atoms with Gasteiger partial charge in [0.05, 0.1) is 24.0 Å². The van der Waals surface area contributed by atoms with Crippen molar-refractivity contribution in [3.05, 3.63) is 59.6 Å². The van der Waals surface area contributed by atoms with Crippen LogP contribution in [0.25, 0.3) is 5.69 Å². The summed E-state index contributed by atoms with van der Waals surface area (Å²) >= 11 is 0. The summed E-state index contributed by atoms with van der Waals surface area (Å²) in [5.41, 5.74) is 0.0486. The topological polar surface area (TPSA) is 86.0 Å². The minimum Gasteiger partial charge on any atom is -0.470 e. The summed E-state index contributed by atoms with van der Waals surface area (Å²) in [6.45, 7) is 2.24. The first kappa shape index (κ1) is 21.3. The summed E-state index contributed by atoms with van der Waals surface area (Å²) in [5.74, 6) is -1.92. The molecule has 172 valence electrons. The highest BCUT2D eigenvalue weighted by molar-refractivity contribution is 5.96. The van der Waals surface area contributed by atoms with E-state index in [9.17, 15) is 22.4 Å². The number of carbonyl (C=O) groups is 1. The van der Waals surface area contributed by atoms with E-state index in [4.69, 9.17) is 4.74 Å². The molecule has 2 bridgehead atoms. The molecule has 2 unspecified atom stereocenters. The van der Waals surface area contributed by atoms with Crippen LogP contribution in [-0.4, -0.2) is 54.5 Å². The third-order valence-electron chi connectivity index (χ3n) is 5.93. The first-order valence-electron chi connectivity index (χ1n) is 10.3. The number of hydrogen-bond donors (Lipinski definition) is 0. The van der Waals surface area contributed by atoms with Gasteiger partial charge < -0.3 is 9.64 Å². The number of amides is 1. The molecule has 1 saturated heterocycles. The number of pyridine rings is 2. The second kappa shape index (κ2) is 7.78. The largest absolute Gasteiger partial charge is 0.470 e. The molecule has 8 nitrogen and oxygen atoms in total. The molecular formula is C21H18F4N6O2. The lowest BCUT2D eigenvalue weighted by Gasteiger charge is -2.33. The molecule has 1 aliphatic heterocycles. The average molecular weight is 462 g/mol. The third-order valence-corrected chi connectivity index (χ3v) is 5.93. The van der Waals surface area contributed by atoms with E-state index in [1.165, 1.54) is 17.2 Å². The molecule has 1 aliphatic carbocycles. The van der Waals surface area contributed by atoms with Crippen LogP contribution in [0, 0.1) is 18.7 Å². The van der Waals surface area contributed by atoms with E-state index in [0.717, 1.165) is 0 Å². The molecule has 3 aromatic rings. The highest BCUT2D eigenvalue weighted by Crippen LogP contribution is 2.41. The monoisotopic (exact) mass is 462 g/mol. The van der Waals surface area contributed by atoms with E-state index in [1.807, 2.05) is 0 Å². The Kier molecular flexibility index (Phi) is 5.02. The highest BCUT2D eigenvalue weighted by atomic mass is 19.4. The number of piperidine rings is 1. The molecule has 0 radical (unpaired) electrons. The number of carbonyl (C=O) groups excluding carboxylic acids is 1. The van der Waals surface area contributed by atoms with Gasteiger partial charge in [-0.1, -0.05) is 0 Å². The van der Waals surface area contributed by atoms with Gasteiger partial charge in [-0.3, -0.25) is 4.79 Å². The summed E-state index contributed by atoms with van der Waals surface area (Å²) < 4.78 is 58.3. The van der Waals surface area contributed by atoms with Crippen LogP contribution in [0.5, 0.6) is 5.88 Å². The maximum atomic E-state index is 14.3. The molecular weight excluding hydrogens is 444 g/mol. The lowest BCUT2D eigenvalue weighted by atomic mass is 10.1. The fourth-order valence-corrected chi connectivity index (χ4v) is 4.48. The molecule has 2 fully saturated rings. The number of aryl methyl sites for hydroxylation is 1. The number of ether oxygens (including phenoxy) is 1. The van der Waals surface area contributed by atoms with Crippen molar-refractivity contribution >= 4 is 5.91 Å². The van der Waals surface area contributed by atoms with Gasteiger partial charge in [0.2, 0.25) is 0 Å². The first-order chi connectivity index (χ1) is 15.7. The Hall–Kier alpha value is -3.57. The van der Waals surface area contributed by atoms with Gasteiger partial charge in [0.1, 0.15) is 11.8 Å². The van der Waals surface area contributed by atoms with Crippen LogP contribution in [0.3, 0.4) is 0 Å². The van der Waals surface area contributed by atoms with Crippen molar-refractivity contribution in [3.8, 4) is 11.6 Å².